The average molecular weight is 582 g/mol. The zero-order valence-electron chi connectivity index (χ0n) is 24.5. The van der Waals surface area contributed by atoms with E-state index in [2.05, 4.69) is 5.32 Å². The Bertz CT molecular complexity index is 1440. The molecule has 0 aliphatic rings. The van der Waals surface area contributed by atoms with Crippen LogP contribution in [0.2, 0.25) is 0 Å². The molecule has 0 saturated carbocycles. The smallest absolute Gasteiger partial charge is 0.264 e. The first-order valence-corrected chi connectivity index (χ1v) is 14.8. The lowest BCUT2D eigenvalue weighted by molar-refractivity contribution is -0.139. The minimum atomic E-state index is -4.19. The summed E-state index contributed by atoms with van der Waals surface area (Å²) >= 11 is 0. The van der Waals surface area contributed by atoms with Crippen molar-refractivity contribution in [1.82, 2.24) is 10.2 Å². The van der Waals surface area contributed by atoms with Gasteiger partial charge in [0.05, 0.1) is 24.8 Å². The molecule has 0 aliphatic carbocycles. The second-order valence-electron chi connectivity index (χ2n) is 10.2. The monoisotopic (exact) mass is 581 g/mol. The first-order valence-electron chi connectivity index (χ1n) is 13.4. The molecular weight excluding hydrogens is 542 g/mol. The summed E-state index contributed by atoms with van der Waals surface area (Å²) in [5, 5.41) is 2.89. The highest BCUT2D eigenvalue weighted by atomic mass is 32.2. The molecule has 1 atom stereocenters. The lowest BCUT2D eigenvalue weighted by Gasteiger charge is -2.32. The van der Waals surface area contributed by atoms with Gasteiger partial charge in [0.25, 0.3) is 10.0 Å². The van der Waals surface area contributed by atoms with Crippen LogP contribution in [-0.2, 0) is 26.2 Å². The lowest BCUT2D eigenvalue weighted by Crippen LogP contribution is -2.51. The van der Waals surface area contributed by atoms with E-state index in [1.54, 1.807) is 37.3 Å². The van der Waals surface area contributed by atoms with E-state index in [0.29, 0.717) is 18.0 Å². The van der Waals surface area contributed by atoms with Crippen molar-refractivity contribution in [3.05, 3.63) is 83.9 Å². The maximum absolute atomic E-state index is 14.0. The minimum Gasteiger partial charge on any atom is -0.493 e. The highest BCUT2D eigenvalue weighted by Gasteiger charge is 2.33. The molecule has 2 amide bonds. The van der Waals surface area contributed by atoms with Gasteiger partial charge in [0.1, 0.15) is 12.6 Å². The molecule has 0 saturated heterocycles. The van der Waals surface area contributed by atoms with Gasteiger partial charge in [-0.3, -0.25) is 13.9 Å². The second-order valence-corrected chi connectivity index (χ2v) is 12.1. The number of amides is 2. The van der Waals surface area contributed by atoms with Crippen molar-refractivity contribution in [2.75, 3.05) is 31.6 Å². The summed E-state index contributed by atoms with van der Waals surface area (Å²) in [7, 11) is -1.26. The van der Waals surface area contributed by atoms with Gasteiger partial charge >= 0.3 is 0 Å². The molecule has 1 unspecified atom stereocenters. The third kappa shape index (κ3) is 8.00. The summed E-state index contributed by atoms with van der Waals surface area (Å²) in [6.07, 6.45) is 0. The van der Waals surface area contributed by atoms with Crippen LogP contribution in [0.3, 0.4) is 0 Å². The van der Waals surface area contributed by atoms with Gasteiger partial charge in [0.15, 0.2) is 11.5 Å². The van der Waals surface area contributed by atoms with Crippen molar-refractivity contribution in [1.29, 1.82) is 0 Å². The van der Waals surface area contributed by atoms with E-state index in [1.165, 1.54) is 37.3 Å². The van der Waals surface area contributed by atoms with Crippen molar-refractivity contribution >= 4 is 27.5 Å². The molecule has 0 heterocycles. The second kappa shape index (κ2) is 14.0. The topological polar surface area (TPSA) is 105 Å². The molecule has 41 heavy (non-hydrogen) atoms. The molecule has 3 aromatic carbocycles. The number of aryl methyl sites for hydroxylation is 1. The van der Waals surface area contributed by atoms with Crippen LogP contribution in [-0.4, -0.2) is 58.5 Å². The molecule has 3 rings (SSSR count). The highest BCUT2D eigenvalue weighted by Crippen LogP contribution is 2.34. The molecule has 1 N–H and O–H groups in total. The van der Waals surface area contributed by atoms with E-state index in [-0.39, 0.29) is 29.0 Å². The van der Waals surface area contributed by atoms with Crippen LogP contribution < -0.4 is 19.1 Å². The van der Waals surface area contributed by atoms with Gasteiger partial charge in [0.2, 0.25) is 11.8 Å². The van der Waals surface area contributed by atoms with Gasteiger partial charge in [-0.25, -0.2) is 8.42 Å². The third-order valence-electron chi connectivity index (χ3n) is 6.55. The van der Waals surface area contributed by atoms with Crippen LogP contribution in [0.4, 0.5) is 5.69 Å². The van der Waals surface area contributed by atoms with Crippen molar-refractivity contribution < 1.29 is 27.5 Å². The number of benzene rings is 3. The quantitative estimate of drug-likeness (QED) is 0.321. The van der Waals surface area contributed by atoms with E-state index in [0.717, 1.165) is 15.4 Å². The van der Waals surface area contributed by atoms with Crippen molar-refractivity contribution in [3.63, 3.8) is 0 Å². The summed E-state index contributed by atoms with van der Waals surface area (Å²) in [6, 6.07) is 19.3. The Balaban J connectivity index is 2.06. The molecule has 3 aromatic rings. The van der Waals surface area contributed by atoms with Crippen LogP contribution in [0.25, 0.3) is 0 Å². The zero-order valence-corrected chi connectivity index (χ0v) is 25.3. The number of sulfonamides is 1. The number of anilines is 1. The highest BCUT2D eigenvalue weighted by molar-refractivity contribution is 7.92. The number of hydrogen-bond donors (Lipinski definition) is 1. The molecule has 9 nitrogen and oxygen atoms in total. The Morgan fingerprint density at radius 1 is 0.878 bits per heavy atom. The number of hydrogen-bond acceptors (Lipinski definition) is 6. The molecule has 0 bridgehead atoms. The Hall–Kier alpha value is -4.05. The molecule has 0 fully saturated rings. The van der Waals surface area contributed by atoms with Crippen LogP contribution in [0.1, 0.15) is 31.9 Å². The Labute approximate surface area is 243 Å². The van der Waals surface area contributed by atoms with E-state index < -0.39 is 28.5 Å². The normalized spacial score (nSPS) is 12.0. The predicted molar refractivity (Wildman–Crippen MR) is 160 cm³/mol. The molecule has 0 aliphatic heterocycles. The number of methoxy groups -OCH3 is 2. The average Bonchev–Trinajstić information content (AvgIpc) is 2.96. The van der Waals surface area contributed by atoms with Crippen LogP contribution >= 0.6 is 0 Å². The van der Waals surface area contributed by atoms with Gasteiger partial charge in [-0.15, -0.1) is 0 Å². The predicted octanol–water partition coefficient (Wildman–Crippen LogP) is 4.40. The number of carbonyl (C=O) groups excluding carboxylic acids is 2. The van der Waals surface area contributed by atoms with Gasteiger partial charge in [-0.05, 0) is 49.6 Å². The maximum Gasteiger partial charge on any atom is 0.264 e. The molecular formula is C31H39N3O6S. The van der Waals surface area contributed by atoms with Crippen molar-refractivity contribution in [2.24, 2.45) is 5.92 Å². The summed E-state index contributed by atoms with van der Waals surface area (Å²) in [5.74, 6) is 0.0971. The largest absolute Gasteiger partial charge is 0.493 e. The van der Waals surface area contributed by atoms with E-state index in [9.17, 15) is 18.0 Å². The fourth-order valence-corrected chi connectivity index (χ4v) is 5.70. The number of rotatable bonds is 13. The van der Waals surface area contributed by atoms with E-state index >= 15 is 0 Å². The first kappa shape index (κ1) is 31.5. The number of nitrogens with zero attached hydrogens (tertiary/aromatic N) is 2. The van der Waals surface area contributed by atoms with Gasteiger partial charge < -0.3 is 19.7 Å². The van der Waals surface area contributed by atoms with Gasteiger partial charge in [-0.2, -0.15) is 0 Å². The summed E-state index contributed by atoms with van der Waals surface area (Å²) in [4.78, 5) is 28.6. The van der Waals surface area contributed by atoms with Crippen LogP contribution in [0.5, 0.6) is 11.5 Å². The molecule has 220 valence electrons. The Kier molecular flexibility index (Phi) is 10.8. The number of carbonyl (C=O) groups is 2. The van der Waals surface area contributed by atoms with Gasteiger partial charge in [0, 0.05) is 19.2 Å². The molecule has 0 spiro atoms. The summed E-state index contributed by atoms with van der Waals surface area (Å²) in [6.45, 7) is 7.60. The molecule has 0 aromatic heterocycles. The SMILES string of the molecule is COc1ccc(N(CC(=O)N(Cc2cccc(C)c2)C(C)C(=O)NCC(C)C)S(=O)(=O)c2ccccc2)cc1OC. The minimum absolute atomic E-state index is 0.0237. The zero-order chi connectivity index (χ0) is 30.2. The summed E-state index contributed by atoms with van der Waals surface area (Å²) < 4.78 is 39.6. The van der Waals surface area contributed by atoms with E-state index in [1.807, 2.05) is 45.0 Å². The first-order chi connectivity index (χ1) is 19.5. The number of nitrogens with one attached hydrogen (secondary N) is 1. The fraction of sp³-hybridized carbons (Fsp3) is 0.355. The fourth-order valence-electron chi connectivity index (χ4n) is 4.27. The van der Waals surface area contributed by atoms with Crippen molar-refractivity contribution in [2.45, 2.75) is 45.2 Å². The standard InChI is InChI=1S/C31H39N3O6S/c1-22(2)19-32-31(36)24(4)33(20-25-12-10-11-23(3)17-25)30(35)21-34(41(37,38)27-13-8-7-9-14-27)26-15-16-28(39-5)29(18-26)40-6/h7-18,22,24H,19-21H2,1-6H3,(H,32,36). The number of ether oxygens (including phenoxy) is 2. The molecule has 10 heteroatoms. The van der Waals surface area contributed by atoms with Crippen molar-refractivity contribution in [3.8, 4) is 11.5 Å². The van der Waals surface area contributed by atoms with Crippen LogP contribution in [0.15, 0.2) is 77.7 Å². The Morgan fingerprint density at radius 3 is 2.17 bits per heavy atom. The summed E-state index contributed by atoms with van der Waals surface area (Å²) in [5.41, 5.74) is 2.04. The van der Waals surface area contributed by atoms with Gasteiger partial charge in [-0.1, -0.05) is 61.9 Å². The third-order valence-corrected chi connectivity index (χ3v) is 8.34. The van der Waals surface area contributed by atoms with E-state index in [4.69, 9.17) is 9.47 Å². The van der Waals surface area contributed by atoms with Crippen LogP contribution in [0, 0.1) is 12.8 Å². The molecule has 0 radical (unpaired) electrons. The Morgan fingerprint density at radius 2 is 1.56 bits per heavy atom. The maximum atomic E-state index is 14.0. The lowest BCUT2D eigenvalue weighted by atomic mass is 10.1.